The van der Waals surface area contributed by atoms with Crippen molar-refractivity contribution in [2.45, 2.75) is 24.3 Å². The Balaban J connectivity index is 1.56. The van der Waals surface area contributed by atoms with Gasteiger partial charge in [0, 0.05) is 24.1 Å². The van der Waals surface area contributed by atoms with Crippen molar-refractivity contribution >= 4 is 26.0 Å². The van der Waals surface area contributed by atoms with Crippen LogP contribution >= 0.6 is 15.9 Å². The Kier molecular flexibility index (Phi) is 7.62. The summed E-state index contributed by atoms with van der Waals surface area (Å²) in [5.74, 6) is 1.80. The molecule has 1 aliphatic heterocycles. The number of ether oxygens (including phenoxy) is 3. The van der Waals surface area contributed by atoms with Gasteiger partial charge < -0.3 is 14.2 Å². The van der Waals surface area contributed by atoms with Crippen LogP contribution in [0.1, 0.15) is 17.5 Å². The Morgan fingerprint density at radius 2 is 1.67 bits per heavy atom. The molecular weight excluding hydrogens is 472 g/mol. The highest BCUT2D eigenvalue weighted by atomic mass is 79.9. The molecule has 0 saturated heterocycles. The number of benzene rings is 2. The molecule has 1 aliphatic rings. The summed E-state index contributed by atoms with van der Waals surface area (Å²) in [5.41, 5.74) is 2.49. The molecule has 0 saturated carbocycles. The molecular formula is C21H27BrN2O5S. The molecule has 0 unspecified atom stereocenters. The van der Waals surface area contributed by atoms with Crippen LogP contribution in [-0.2, 0) is 23.0 Å². The van der Waals surface area contributed by atoms with E-state index in [4.69, 9.17) is 14.2 Å². The molecule has 0 radical (unpaired) electrons. The molecule has 0 fully saturated rings. The van der Waals surface area contributed by atoms with E-state index in [1.54, 1.807) is 32.4 Å². The minimum atomic E-state index is -3.65. The second kappa shape index (κ2) is 10.00. The van der Waals surface area contributed by atoms with E-state index < -0.39 is 10.0 Å². The van der Waals surface area contributed by atoms with Crippen LogP contribution in [0.4, 0.5) is 0 Å². The Bertz CT molecular complexity index is 997. The Morgan fingerprint density at radius 3 is 2.33 bits per heavy atom. The number of methoxy groups -OCH3 is 3. The quantitative estimate of drug-likeness (QED) is 0.535. The predicted molar refractivity (Wildman–Crippen MR) is 119 cm³/mol. The van der Waals surface area contributed by atoms with E-state index in [2.05, 4.69) is 25.6 Å². The van der Waals surface area contributed by atoms with Gasteiger partial charge in [-0.15, -0.1) is 0 Å². The van der Waals surface area contributed by atoms with Crippen LogP contribution in [0, 0.1) is 0 Å². The molecule has 0 bridgehead atoms. The first-order chi connectivity index (χ1) is 14.4. The van der Waals surface area contributed by atoms with Gasteiger partial charge in [0.05, 0.1) is 21.3 Å². The van der Waals surface area contributed by atoms with E-state index >= 15 is 0 Å². The van der Waals surface area contributed by atoms with Crippen molar-refractivity contribution in [3.63, 3.8) is 0 Å². The molecule has 1 heterocycles. The van der Waals surface area contributed by atoms with Crippen molar-refractivity contribution in [3.8, 4) is 17.2 Å². The molecule has 0 aliphatic carbocycles. The first-order valence-corrected chi connectivity index (χ1v) is 11.9. The summed E-state index contributed by atoms with van der Waals surface area (Å²) >= 11 is 3.31. The van der Waals surface area contributed by atoms with Crippen LogP contribution in [0.3, 0.4) is 0 Å². The maximum Gasteiger partial charge on any atom is 0.244 e. The summed E-state index contributed by atoms with van der Waals surface area (Å²) in [5, 5.41) is 0. The van der Waals surface area contributed by atoms with E-state index in [0.717, 1.165) is 37.6 Å². The lowest BCUT2D eigenvalue weighted by Gasteiger charge is -2.29. The zero-order valence-corrected chi connectivity index (χ0v) is 19.8. The van der Waals surface area contributed by atoms with Gasteiger partial charge in [0.1, 0.15) is 10.6 Å². The standard InChI is InChI=1S/C21H27BrN2O5S/c1-27-18-6-5-17(22)13-21(18)30(25,26)23-8-4-9-24-10-7-15-11-19(28-2)20(29-3)12-16(15)14-24/h5-6,11-13,23H,4,7-10,14H2,1-3H3. The fourth-order valence-corrected chi connectivity index (χ4v) is 5.36. The van der Waals surface area contributed by atoms with Gasteiger partial charge in [-0.25, -0.2) is 13.1 Å². The highest BCUT2D eigenvalue weighted by Gasteiger charge is 2.21. The predicted octanol–water partition coefficient (Wildman–Crippen LogP) is 3.20. The van der Waals surface area contributed by atoms with E-state index in [1.165, 1.54) is 18.2 Å². The SMILES string of the molecule is COc1cc2c(cc1OC)CN(CCCNS(=O)(=O)c1cc(Br)ccc1OC)CC2. The molecule has 164 valence electrons. The maximum atomic E-state index is 12.7. The largest absolute Gasteiger partial charge is 0.495 e. The van der Waals surface area contributed by atoms with Crippen molar-refractivity contribution in [2.24, 2.45) is 0 Å². The van der Waals surface area contributed by atoms with E-state index in [1.807, 2.05) is 12.1 Å². The van der Waals surface area contributed by atoms with Crippen LogP contribution in [-0.4, -0.2) is 54.3 Å². The number of rotatable bonds is 9. The topological polar surface area (TPSA) is 77.1 Å². The summed E-state index contributed by atoms with van der Waals surface area (Å²) in [6, 6.07) is 9.00. The average Bonchev–Trinajstić information content (AvgIpc) is 2.75. The summed E-state index contributed by atoms with van der Waals surface area (Å²) < 4.78 is 44.7. The van der Waals surface area contributed by atoms with E-state index in [0.29, 0.717) is 23.2 Å². The fraction of sp³-hybridized carbons (Fsp3) is 0.429. The molecule has 0 amide bonds. The second-order valence-corrected chi connectivity index (χ2v) is 9.70. The van der Waals surface area contributed by atoms with Crippen LogP contribution in [0.15, 0.2) is 39.7 Å². The zero-order valence-electron chi connectivity index (χ0n) is 17.4. The molecule has 2 aromatic carbocycles. The monoisotopic (exact) mass is 498 g/mol. The maximum absolute atomic E-state index is 12.7. The molecule has 0 aromatic heterocycles. The minimum absolute atomic E-state index is 0.132. The van der Waals surface area contributed by atoms with Crippen LogP contribution in [0.2, 0.25) is 0 Å². The summed E-state index contributed by atoms with van der Waals surface area (Å²) in [6.07, 6.45) is 1.63. The number of halogens is 1. The van der Waals surface area contributed by atoms with Gasteiger partial charge in [-0.05, 0) is 60.8 Å². The molecule has 3 rings (SSSR count). The van der Waals surface area contributed by atoms with Crippen molar-refractivity contribution in [1.29, 1.82) is 0 Å². The summed E-state index contributed by atoms with van der Waals surface area (Å²) in [7, 11) is 1.09. The molecule has 0 atom stereocenters. The third-order valence-corrected chi connectivity index (χ3v) is 7.13. The number of hydrogen-bond donors (Lipinski definition) is 1. The van der Waals surface area contributed by atoms with Gasteiger partial charge in [0.25, 0.3) is 0 Å². The van der Waals surface area contributed by atoms with Crippen molar-refractivity contribution in [2.75, 3.05) is 41.0 Å². The third-order valence-electron chi connectivity index (χ3n) is 5.16. The molecule has 2 aromatic rings. The van der Waals surface area contributed by atoms with Crippen molar-refractivity contribution in [3.05, 3.63) is 45.9 Å². The van der Waals surface area contributed by atoms with Gasteiger partial charge >= 0.3 is 0 Å². The van der Waals surface area contributed by atoms with Gasteiger partial charge in [0.15, 0.2) is 11.5 Å². The first kappa shape index (κ1) is 22.9. The lowest BCUT2D eigenvalue weighted by Crippen LogP contribution is -2.34. The van der Waals surface area contributed by atoms with Crippen LogP contribution in [0.5, 0.6) is 17.2 Å². The Labute approximate surface area is 186 Å². The molecule has 9 heteroatoms. The van der Waals surface area contributed by atoms with Crippen LogP contribution in [0.25, 0.3) is 0 Å². The highest BCUT2D eigenvalue weighted by Crippen LogP contribution is 2.33. The minimum Gasteiger partial charge on any atom is -0.495 e. The third kappa shape index (κ3) is 5.26. The van der Waals surface area contributed by atoms with Gasteiger partial charge in [-0.1, -0.05) is 15.9 Å². The molecule has 7 nitrogen and oxygen atoms in total. The van der Waals surface area contributed by atoms with E-state index in [-0.39, 0.29) is 4.90 Å². The van der Waals surface area contributed by atoms with Crippen LogP contribution < -0.4 is 18.9 Å². The Hall–Kier alpha value is -1.81. The zero-order chi connectivity index (χ0) is 21.7. The van der Waals surface area contributed by atoms with Gasteiger partial charge in [-0.2, -0.15) is 0 Å². The second-order valence-electron chi connectivity index (χ2n) is 7.05. The summed E-state index contributed by atoms with van der Waals surface area (Å²) in [4.78, 5) is 2.45. The fourth-order valence-electron chi connectivity index (χ4n) is 3.58. The first-order valence-electron chi connectivity index (χ1n) is 9.67. The van der Waals surface area contributed by atoms with Gasteiger partial charge in [-0.3, -0.25) is 4.90 Å². The number of nitrogens with zero attached hydrogens (tertiary/aromatic N) is 1. The number of hydrogen-bond acceptors (Lipinski definition) is 6. The molecule has 0 spiro atoms. The number of nitrogens with one attached hydrogen (secondary N) is 1. The normalized spacial score (nSPS) is 14.3. The summed E-state index contributed by atoms with van der Waals surface area (Å²) in [6.45, 7) is 2.88. The Morgan fingerprint density at radius 1 is 1.00 bits per heavy atom. The van der Waals surface area contributed by atoms with Crippen molar-refractivity contribution in [1.82, 2.24) is 9.62 Å². The highest BCUT2D eigenvalue weighted by molar-refractivity contribution is 9.10. The van der Waals surface area contributed by atoms with Gasteiger partial charge in [0.2, 0.25) is 10.0 Å². The van der Waals surface area contributed by atoms with Crippen molar-refractivity contribution < 1.29 is 22.6 Å². The smallest absolute Gasteiger partial charge is 0.244 e. The number of fused-ring (bicyclic) bond motifs is 1. The lowest BCUT2D eigenvalue weighted by atomic mass is 9.98. The number of sulfonamides is 1. The average molecular weight is 499 g/mol. The molecule has 30 heavy (non-hydrogen) atoms. The lowest BCUT2D eigenvalue weighted by molar-refractivity contribution is 0.250. The van der Waals surface area contributed by atoms with E-state index in [9.17, 15) is 8.42 Å². The molecule has 1 N–H and O–H groups in total.